The predicted octanol–water partition coefficient (Wildman–Crippen LogP) is 2.00. The third kappa shape index (κ3) is 9.09. The maximum atomic E-state index is 5.54. The topological polar surface area (TPSA) is 76.4 Å². The molecule has 0 unspecified atom stereocenters. The van der Waals surface area contributed by atoms with Crippen LogP contribution in [0.1, 0.15) is 44.8 Å². The van der Waals surface area contributed by atoms with Crippen molar-refractivity contribution in [1.82, 2.24) is 25.4 Å². The lowest BCUT2D eigenvalue weighted by molar-refractivity contribution is 0.129. The second-order valence-corrected chi connectivity index (χ2v) is 5.16. The fourth-order valence-corrected chi connectivity index (χ4v) is 1.81. The van der Waals surface area contributed by atoms with Crippen LogP contribution in [0.2, 0.25) is 0 Å². The van der Waals surface area contributed by atoms with Crippen molar-refractivity contribution in [3.8, 4) is 0 Å². The Balaban J connectivity index is 0.00000484. The summed E-state index contributed by atoms with van der Waals surface area (Å²) in [6.45, 7) is 9.99. The van der Waals surface area contributed by atoms with Gasteiger partial charge in [-0.15, -0.1) is 34.2 Å². The molecule has 0 amide bonds. The Morgan fingerprint density at radius 2 is 1.91 bits per heavy atom. The summed E-state index contributed by atoms with van der Waals surface area (Å²) in [6.07, 6.45) is 3.28. The van der Waals surface area contributed by atoms with E-state index in [4.69, 9.17) is 4.74 Å². The largest absolute Gasteiger partial charge is 0.381 e. The van der Waals surface area contributed by atoms with Crippen LogP contribution in [0, 0.1) is 6.92 Å². The number of guanidine groups is 1. The molecule has 7 nitrogen and oxygen atoms in total. The summed E-state index contributed by atoms with van der Waals surface area (Å²) >= 11 is 0. The van der Waals surface area contributed by atoms with Gasteiger partial charge < -0.3 is 19.9 Å². The first-order valence-electron chi connectivity index (χ1n) is 8.13. The van der Waals surface area contributed by atoms with Gasteiger partial charge in [-0.1, -0.05) is 13.3 Å². The van der Waals surface area contributed by atoms with Gasteiger partial charge in [-0.25, -0.2) is 4.99 Å². The fraction of sp³-hybridized carbons (Fsp3) is 0.800. The molecule has 134 valence electrons. The molecule has 0 aromatic carbocycles. The highest BCUT2D eigenvalue weighted by molar-refractivity contribution is 14.0. The van der Waals surface area contributed by atoms with Crippen LogP contribution < -0.4 is 10.6 Å². The van der Waals surface area contributed by atoms with Crippen molar-refractivity contribution < 1.29 is 4.74 Å². The molecule has 0 atom stereocenters. The Bertz CT molecular complexity index is 449. The van der Waals surface area contributed by atoms with Gasteiger partial charge in [-0.2, -0.15) is 0 Å². The highest BCUT2D eigenvalue weighted by Crippen LogP contribution is 1.99. The monoisotopic (exact) mass is 438 g/mol. The van der Waals surface area contributed by atoms with E-state index >= 15 is 0 Å². The Hall–Kier alpha value is -0.900. The molecule has 0 bridgehead atoms. The van der Waals surface area contributed by atoms with Gasteiger partial charge in [-0.05, 0) is 26.7 Å². The molecular formula is C15H31IN6O. The molecule has 1 aromatic heterocycles. The van der Waals surface area contributed by atoms with E-state index < -0.39 is 0 Å². The summed E-state index contributed by atoms with van der Waals surface area (Å²) in [5, 5.41) is 14.7. The quantitative estimate of drug-likeness (QED) is 0.253. The van der Waals surface area contributed by atoms with Crippen LogP contribution in [0.3, 0.4) is 0 Å². The molecule has 0 aliphatic rings. The van der Waals surface area contributed by atoms with Crippen LogP contribution in [0.4, 0.5) is 0 Å². The van der Waals surface area contributed by atoms with Crippen molar-refractivity contribution in [2.75, 3.05) is 26.3 Å². The summed E-state index contributed by atoms with van der Waals surface area (Å²) < 4.78 is 7.49. The Labute approximate surface area is 156 Å². The van der Waals surface area contributed by atoms with Crippen LogP contribution in [-0.4, -0.2) is 47.0 Å². The molecular weight excluding hydrogens is 407 g/mol. The first-order valence-corrected chi connectivity index (χ1v) is 8.13. The number of hydrogen-bond donors (Lipinski definition) is 2. The van der Waals surface area contributed by atoms with Crippen LogP contribution in [0.15, 0.2) is 4.99 Å². The number of nitrogens with zero attached hydrogens (tertiary/aromatic N) is 4. The van der Waals surface area contributed by atoms with E-state index in [1.165, 1.54) is 6.42 Å². The van der Waals surface area contributed by atoms with Crippen LogP contribution >= 0.6 is 24.0 Å². The van der Waals surface area contributed by atoms with Gasteiger partial charge in [0.25, 0.3) is 0 Å². The molecule has 0 radical (unpaired) electrons. The van der Waals surface area contributed by atoms with Crippen LogP contribution in [0.5, 0.6) is 0 Å². The number of aryl methyl sites for hydroxylation is 1. The number of unbranched alkanes of at least 4 members (excludes halogenated alkanes) is 1. The highest BCUT2D eigenvalue weighted by atomic mass is 127. The maximum Gasteiger partial charge on any atom is 0.191 e. The summed E-state index contributed by atoms with van der Waals surface area (Å²) in [6, 6.07) is 0. The second kappa shape index (κ2) is 13.5. The van der Waals surface area contributed by atoms with Crippen LogP contribution in [-0.2, 0) is 18.3 Å². The molecule has 0 spiro atoms. The average molecular weight is 438 g/mol. The highest BCUT2D eigenvalue weighted by Gasteiger charge is 2.04. The van der Waals surface area contributed by atoms with E-state index in [0.717, 1.165) is 56.8 Å². The second-order valence-electron chi connectivity index (χ2n) is 5.16. The van der Waals surface area contributed by atoms with Crippen molar-refractivity contribution in [3.05, 3.63) is 11.6 Å². The van der Waals surface area contributed by atoms with Gasteiger partial charge in [0, 0.05) is 33.4 Å². The fourth-order valence-electron chi connectivity index (χ4n) is 1.81. The van der Waals surface area contributed by atoms with Gasteiger partial charge in [0.15, 0.2) is 11.8 Å². The summed E-state index contributed by atoms with van der Waals surface area (Å²) in [7, 11) is 1.95. The molecule has 0 aliphatic heterocycles. The minimum atomic E-state index is 0. The van der Waals surface area contributed by atoms with Gasteiger partial charge in [0.1, 0.15) is 12.4 Å². The van der Waals surface area contributed by atoms with Crippen molar-refractivity contribution in [2.24, 2.45) is 12.0 Å². The normalized spacial score (nSPS) is 11.2. The van der Waals surface area contributed by atoms with Gasteiger partial charge in [0.2, 0.25) is 0 Å². The summed E-state index contributed by atoms with van der Waals surface area (Å²) in [4.78, 5) is 4.54. The standard InChI is InChI=1S/C15H30N6O.HI/c1-5-7-10-22-11-8-9-17-15(16-6-2)18-12-14-20-19-13(3)21(14)4;/h5-12H2,1-4H3,(H2,16,17,18);1H. The smallest absolute Gasteiger partial charge is 0.191 e. The number of hydrogen-bond acceptors (Lipinski definition) is 4. The lowest BCUT2D eigenvalue weighted by Crippen LogP contribution is -2.38. The van der Waals surface area contributed by atoms with E-state index in [1.807, 2.05) is 18.5 Å². The predicted molar refractivity (Wildman–Crippen MR) is 104 cm³/mol. The zero-order chi connectivity index (χ0) is 16.2. The van der Waals surface area contributed by atoms with E-state index in [-0.39, 0.29) is 24.0 Å². The zero-order valence-electron chi connectivity index (χ0n) is 14.8. The summed E-state index contributed by atoms with van der Waals surface area (Å²) in [5.41, 5.74) is 0. The van der Waals surface area contributed by atoms with Crippen molar-refractivity contribution in [2.45, 2.75) is 46.6 Å². The molecule has 0 fully saturated rings. The number of halogens is 1. The summed E-state index contributed by atoms with van der Waals surface area (Å²) in [5.74, 6) is 2.56. The number of nitrogens with one attached hydrogen (secondary N) is 2. The number of aliphatic imine (C=N–C) groups is 1. The van der Waals surface area contributed by atoms with Gasteiger partial charge in [-0.3, -0.25) is 0 Å². The zero-order valence-corrected chi connectivity index (χ0v) is 17.1. The molecule has 0 saturated carbocycles. The van der Waals surface area contributed by atoms with E-state index in [1.54, 1.807) is 0 Å². The molecule has 0 saturated heterocycles. The Morgan fingerprint density at radius 3 is 2.52 bits per heavy atom. The van der Waals surface area contributed by atoms with Gasteiger partial charge in [0.05, 0.1) is 0 Å². The van der Waals surface area contributed by atoms with Crippen molar-refractivity contribution in [3.63, 3.8) is 0 Å². The molecule has 1 aromatic rings. The van der Waals surface area contributed by atoms with Crippen LogP contribution in [0.25, 0.3) is 0 Å². The first-order chi connectivity index (χ1) is 10.7. The van der Waals surface area contributed by atoms with E-state index in [0.29, 0.717) is 6.54 Å². The molecule has 23 heavy (non-hydrogen) atoms. The lowest BCUT2D eigenvalue weighted by atomic mass is 10.4. The van der Waals surface area contributed by atoms with E-state index in [9.17, 15) is 0 Å². The Kier molecular flexibility index (Phi) is 13.0. The third-order valence-electron chi connectivity index (χ3n) is 3.31. The van der Waals surface area contributed by atoms with E-state index in [2.05, 4.69) is 39.7 Å². The van der Waals surface area contributed by atoms with Crippen molar-refractivity contribution >= 4 is 29.9 Å². The Morgan fingerprint density at radius 1 is 1.17 bits per heavy atom. The number of ether oxygens (including phenoxy) is 1. The third-order valence-corrected chi connectivity index (χ3v) is 3.31. The molecule has 1 rings (SSSR count). The SMILES string of the molecule is CCCCOCCCNC(=NCc1nnc(C)n1C)NCC.I. The number of rotatable bonds is 10. The maximum absolute atomic E-state index is 5.54. The first kappa shape index (κ1) is 22.1. The number of aromatic nitrogens is 3. The molecule has 8 heteroatoms. The average Bonchev–Trinajstić information content (AvgIpc) is 2.83. The minimum Gasteiger partial charge on any atom is -0.381 e. The minimum absolute atomic E-state index is 0. The molecule has 0 aliphatic carbocycles. The molecule has 2 N–H and O–H groups in total. The van der Waals surface area contributed by atoms with Gasteiger partial charge >= 0.3 is 0 Å². The lowest BCUT2D eigenvalue weighted by Gasteiger charge is -2.11. The van der Waals surface area contributed by atoms with Crippen molar-refractivity contribution in [1.29, 1.82) is 0 Å². The molecule has 1 heterocycles.